The van der Waals surface area contributed by atoms with E-state index in [1.807, 2.05) is 0 Å². The highest BCUT2D eigenvalue weighted by Gasteiger charge is 2.46. The van der Waals surface area contributed by atoms with Crippen molar-refractivity contribution in [3.63, 3.8) is 0 Å². The molecule has 1 aliphatic heterocycles. The fourth-order valence-corrected chi connectivity index (χ4v) is 4.08. The van der Waals surface area contributed by atoms with Gasteiger partial charge in [0.05, 0.1) is 12.2 Å². The van der Waals surface area contributed by atoms with Crippen LogP contribution in [0.2, 0.25) is 0 Å². The van der Waals surface area contributed by atoms with E-state index in [2.05, 4.69) is 0 Å². The van der Waals surface area contributed by atoms with Gasteiger partial charge in [-0.15, -0.1) is 0 Å². The number of carboxylic acid groups (broad SMARTS) is 1. The van der Waals surface area contributed by atoms with E-state index >= 15 is 0 Å². The van der Waals surface area contributed by atoms with E-state index in [-0.39, 0.29) is 5.56 Å². The van der Waals surface area contributed by atoms with Crippen molar-refractivity contribution >= 4 is 17.5 Å². The number of carbonyl (C=O) groups is 3. The number of hydrogen-bond acceptors (Lipinski definition) is 10. The van der Waals surface area contributed by atoms with E-state index < -0.39 is 94.0 Å². The molecule has 2 aliphatic rings. The molecular formula is C21H16O11-2. The summed E-state index contributed by atoms with van der Waals surface area (Å²) in [6, 6.07) is 3.52. The number of fused-ring (bicyclic) bond motifs is 2. The Labute approximate surface area is 179 Å². The van der Waals surface area contributed by atoms with Crippen molar-refractivity contribution in [3.05, 3.63) is 57.6 Å². The summed E-state index contributed by atoms with van der Waals surface area (Å²) in [7, 11) is 0. The SMILES string of the molecule is O=C(O)c1cc([O-])c2c(c1)C(=O)c1c([C@@H]3O[C@H](CO)[C@@H](O)[C@H](O)[C@H]3O)ccc([O-])c1C2=O. The maximum Gasteiger partial charge on any atom is 0.335 e. The van der Waals surface area contributed by atoms with Crippen LogP contribution in [0, 0.1) is 0 Å². The molecule has 32 heavy (non-hydrogen) atoms. The molecule has 0 amide bonds. The molecule has 5 N–H and O–H groups in total. The Morgan fingerprint density at radius 3 is 2.22 bits per heavy atom. The van der Waals surface area contributed by atoms with Crippen molar-refractivity contribution in [1.82, 2.24) is 0 Å². The fraction of sp³-hybridized carbons (Fsp3) is 0.286. The van der Waals surface area contributed by atoms with E-state index in [9.17, 15) is 50.1 Å². The molecule has 0 saturated carbocycles. The smallest absolute Gasteiger partial charge is 0.335 e. The monoisotopic (exact) mass is 444 g/mol. The zero-order valence-corrected chi connectivity index (χ0v) is 16.1. The standard InChI is InChI=1S/C21H18O11/c22-5-11-16(26)18(28)19(29)20(32-11)7-1-2-9(23)14-13(7)15(25)8-3-6(21(30)31)4-10(24)12(8)17(14)27/h1-4,11,16,18-20,22-24,26,28-29H,5H2,(H,30,31)/p-2/t11-,16-,18+,19-,20+/m1/s1. The molecule has 168 valence electrons. The van der Waals surface area contributed by atoms with Gasteiger partial charge in [-0.2, -0.15) is 0 Å². The molecule has 11 heteroatoms. The number of carboxylic acids is 1. The van der Waals surface area contributed by atoms with Gasteiger partial charge in [-0.3, -0.25) is 9.59 Å². The van der Waals surface area contributed by atoms with E-state index in [1.54, 1.807) is 0 Å². The first kappa shape index (κ1) is 21.9. The lowest BCUT2D eigenvalue weighted by molar-refractivity contribution is -0.269. The largest absolute Gasteiger partial charge is 0.872 e. The molecule has 1 fully saturated rings. The molecular weight excluding hydrogens is 428 g/mol. The molecule has 0 aromatic heterocycles. The Morgan fingerprint density at radius 2 is 1.59 bits per heavy atom. The second kappa shape index (κ2) is 7.65. The highest BCUT2D eigenvalue weighted by atomic mass is 16.5. The number of ether oxygens (including phenoxy) is 1. The van der Waals surface area contributed by atoms with Crippen molar-refractivity contribution in [3.8, 4) is 11.5 Å². The number of benzene rings is 2. The normalized spacial score (nSPS) is 27.1. The summed E-state index contributed by atoms with van der Waals surface area (Å²) in [4.78, 5) is 37.6. The first-order valence-corrected chi connectivity index (χ1v) is 9.40. The molecule has 0 spiro atoms. The summed E-state index contributed by atoms with van der Waals surface area (Å²) < 4.78 is 5.45. The molecule has 1 aliphatic carbocycles. The summed E-state index contributed by atoms with van der Waals surface area (Å²) in [6.07, 6.45) is -8.14. The zero-order valence-electron chi connectivity index (χ0n) is 16.1. The summed E-state index contributed by atoms with van der Waals surface area (Å²) in [5, 5.41) is 74.0. The first-order chi connectivity index (χ1) is 15.1. The number of hydrogen-bond donors (Lipinski definition) is 5. The quantitative estimate of drug-likeness (QED) is 0.293. The van der Waals surface area contributed by atoms with Crippen LogP contribution in [0.5, 0.6) is 11.5 Å². The molecule has 2 aromatic rings. The molecule has 1 saturated heterocycles. The number of aliphatic hydroxyl groups excluding tert-OH is 4. The summed E-state index contributed by atoms with van der Waals surface area (Å²) in [5.74, 6) is -5.55. The van der Waals surface area contributed by atoms with Gasteiger partial charge in [0.15, 0.2) is 11.6 Å². The van der Waals surface area contributed by atoms with Crippen molar-refractivity contribution in [2.45, 2.75) is 30.5 Å². The Morgan fingerprint density at radius 1 is 0.906 bits per heavy atom. The van der Waals surface area contributed by atoms with Crippen LogP contribution in [0.25, 0.3) is 0 Å². The van der Waals surface area contributed by atoms with Gasteiger partial charge in [0.2, 0.25) is 0 Å². The van der Waals surface area contributed by atoms with Gasteiger partial charge >= 0.3 is 5.97 Å². The Kier molecular flexibility index (Phi) is 5.23. The minimum absolute atomic E-state index is 0.200. The summed E-state index contributed by atoms with van der Waals surface area (Å²) >= 11 is 0. The number of rotatable bonds is 3. The van der Waals surface area contributed by atoms with Crippen molar-refractivity contribution in [2.24, 2.45) is 0 Å². The van der Waals surface area contributed by atoms with Crippen LogP contribution < -0.4 is 10.2 Å². The van der Waals surface area contributed by atoms with Crippen LogP contribution in [0.15, 0.2) is 24.3 Å². The van der Waals surface area contributed by atoms with Gasteiger partial charge in [-0.1, -0.05) is 29.7 Å². The van der Waals surface area contributed by atoms with Gasteiger partial charge in [0.25, 0.3) is 0 Å². The molecule has 1 heterocycles. The van der Waals surface area contributed by atoms with Crippen LogP contribution in [0.4, 0.5) is 0 Å². The molecule has 5 atom stereocenters. The van der Waals surface area contributed by atoms with Gasteiger partial charge in [0.1, 0.15) is 30.5 Å². The number of aliphatic hydroxyl groups is 4. The topological polar surface area (TPSA) is 208 Å². The average molecular weight is 444 g/mol. The molecule has 4 rings (SSSR count). The van der Waals surface area contributed by atoms with E-state index in [0.717, 1.165) is 18.2 Å². The maximum absolute atomic E-state index is 13.3. The van der Waals surface area contributed by atoms with Crippen LogP contribution >= 0.6 is 0 Å². The highest BCUT2D eigenvalue weighted by molar-refractivity contribution is 6.31. The second-order valence-electron chi connectivity index (χ2n) is 7.51. The van der Waals surface area contributed by atoms with E-state index in [1.165, 1.54) is 0 Å². The summed E-state index contributed by atoms with van der Waals surface area (Å²) in [6.45, 7) is -0.750. The number of aromatic carboxylic acids is 1. The predicted molar refractivity (Wildman–Crippen MR) is 98.3 cm³/mol. The lowest BCUT2D eigenvalue weighted by Crippen LogP contribution is -2.55. The molecule has 2 aromatic carbocycles. The third-order valence-electron chi connectivity index (χ3n) is 5.67. The Balaban J connectivity index is 1.93. The lowest BCUT2D eigenvalue weighted by Gasteiger charge is -2.41. The minimum atomic E-state index is -1.81. The Hall–Kier alpha value is -3.35. The summed E-state index contributed by atoms with van der Waals surface area (Å²) in [5.41, 5.74) is -3.07. The third-order valence-corrected chi connectivity index (χ3v) is 5.67. The second-order valence-corrected chi connectivity index (χ2v) is 7.51. The lowest BCUT2D eigenvalue weighted by atomic mass is 9.78. The number of ketones is 2. The zero-order chi connectivity index (χ0) is 23.5. The van der Waals surface area contributed by atoms with Gasteiger partial charge < -0.3 is 40.5 Å². The van der Waals surface area contributed by atoms with E-state index in [4.69, 9.17) is 4.74 Å². The van der Waals surface area contributed by atoms with Crippen molar-refractivity contribution in [2.75, 3.05) is 6.61 Å². The maximum atomic E-state index is 13.3. The van der Waals surface area contributed by atoms with Gasteiger partial charge in [-0.05, 0) is 11.6 Å². The molecule has 0 unspecified atom stereocenters. The van der Waals surface area contributed by atoms with Crippen LogP contribution in [0.1, 0.15) is 53.9 Å². The number of carbonyl (C=O) groups excluding carboxylic acids is 2. The van der Waals surface area contributed by atoms with Crippen molar-refractivity contribution < 1.29 is 54.9 Å². The molecule has 11 nitrogen and oxygen atoms in total. The van der Waals surface area contributed by atoms with E-state index in [0.29, 0.717) is 6.07 Å². The van der Waals surface area contributed by atoms with Crippen LogP contribution in [0.3, 0.4) is 0 Å². The Bertz CT molecular complexity index is 1150. The first-order valence-electron chi connectivity index (χ1n) is 9.40. The predicted octanol–water partition coefficient (Wildman–Crippen LogP) is -2.18. The minimum Gasteiger partial charge on any atom is -0.872 e. The van der Waals surface area contributed by atoms with Gasteiger partial charge in [-0.25, -0.2) is 4.79 Å². The van der Waals surface area contributed by atoms with Crippen LogP contribution in [-0.4, -0.2) is 74.1 Å². The van der Waals surface area contributed by atoms with Crippen LogP contribution in [-0.2, 0) is 4.74 Å². The average Bonchev–Trinajstić information content (AvgIpc) is 2.75. The highest BCUT2D eigenvalue weighted by Crippen LogP contribution is 2.42. The molecule has 0 radical (unpaired) electrons. The molecule has 0 bridgehead atoms. The third kappa shape index (κ3) is 3.06. The fourth-order valence-electron chi connectivity index (χ4n) is 4.08. The van der Waals surface area contributed by atoms with Crippen molar-refractivity contribution in [1.29, 1.82) is 0 Å². The van der Waals surface area contributed by atoms with Gasteiger partial charge in [0, 0.05) is 22.3 Å².